The lowest BCUT2D eigenvalue weighted by atomic mass is 9.90. The minimum Gasteiger partial charge on any atom is -0.396 e. The van der Waals surface area contributed by atoms with Gasteiger partial charge in [0.15, 0.2) is 0 Å². The molecule has 64 valence electrons. The number of aliphatic hydroxyl groups is 1. The molecule has 2 heterocycles. The van der Waals surface area contributed by atoms with Crippen LogP contribution in [-0.2, 0) is 0 Å². The molecule has 0 aromatic heterocycles. The number of piperidine rings is 1. The Balaban J connectivity index is 2.00. The minimum atomic E-state index is 0.404. The summed E-state index contributed by atoms with van der Waals surface area (Å²) in [7, 11) is 0. The van der Waals surface area contributed by atoms with Gasteiger partial charge in [-0.05, 0) is 44.7 Å². The second-order valence-corrected chi connectivity index (χ2v) is 3.83. The van der Waals surface area contributed by atoms with Crippen LogP contribution in [0.5, 0.6) is 0 Å². The summed E-state index contributed by atoms with van der Waals surface area (Å²) in [5, 5.41) is 9.11. The lowest BCUT2D eigenvalue weighted by Crippen LogP contribution is -2.41. The van der Waals surface area contributed by atoms with Crippen molar-refractivity contribution in [1.29, 1.82) is 0 Å². The lowest BCUT2D eigenvalue weighted by Gasteiger charge is -2.35. The first-order chi connectivity index (χ1) is 5.42. The Morgan fingerprint density at radius 3 is 2.64 bits per heavy atom. The Morgan fingerprint density at radius 2 is 1.91 bits per heavy atom. The van der Waals surface area contributed by atoms with Crippen LogP contribution >= 0.6 is 0 Å². The molecule has 0 aliphatic carbocycles. The Morgan fingerprint density at radius 1 is 1.18 bits per heavy atom. The monoisotopic (exact) mass is 155 g/mol. The van der Waals surface area contributed by atoms with Crippen LogP contribution in [0.4, 0.5) is 0 Å². The van der Waals surface area contributed by atoms with Crippen molar-refractivity contribution in [1.82, 2.24) is 4.90 Å². The maximum Gasteiger partial charge on any atom is 0.0474 e. The molecule has 1 unspecified atom stereocenters. The molecule has 1 N–H and O–H groups in total. The maximum atomic E-state index is 9.11. The Kier molecular flexibility index (Phi) is 2.14. The standard InChI is InChI=1S/C9H17NO/c11-7-8-3-1-5-10-6-2-4-9(8)10/h8-9,11H,1-7H2/t8-,9?/m0/s1. The van der Waals surface area contributed by atoms with Gasteiger partial charge in [0, 0.05) is 12.6 Å². The summed E-state index contributed by atoms with van der Waals surface area (Å²) in [6, 6.07) is 0.730. The second-order valence-electron chi connectivity index (χ2n) is 3.83. The molecular weight excluding hydrogens is 138 g/mol. The first-order valence-electron chi connectivity index (χ1n) is 4.76. The minimum absolute atomic E-state index is 0.404. The highest BCUT2D eigenvalue weighted by atomic mass is 16.3. The summed E-state index contributed by atoms with van der Waals surface area (Å²) in [4.78, 5) is 2.56. The molecule has 2 saturated heterocycles. The quantitative estimate of drug-likeness (QED) is 0.607. The molecule has 2 atom stereocenters. The summed E-state index contributed by atoms with van der Waals surface area (Å²) in [6.45, 7) is 2.96. The first kappa shape index (κ1) is 7.56. The predicted molar refractivity (Wildman–Crippen MR) is 44.4 cm³/mol. The second kappa shape index (κ2) is 3.11. The molecule has 2 nitrogen and oxygen atoms in total. The molecule has 0 aromatic carbocycles. The number of nitrogens with zero attached hydrogens (tertiary/aromatic N) is 1. The van der Waals surface area contributed by atoms with Crippen molar-refractivity contribution in [3.05, 3.63) is 0 Å². The molecule has 2 heteroatoms. The van der Waals surface area contributed by atoms with E-state index in [0.717, 1.165) is 6.04 Å². The Labute approximate surface area is 68.2 Å². The third-order valence-electron chi connectivity index (χ3n) is 3.21. The van der Waals surface area contributed by atoms with Gasteiger partial charge in [0.25, 0.3) is 0 Å². The summed E-state index contributed by atoms with van der Waals surface area (Å²) in [5.41, 5.74) is 0. The average Bonchev–Trinajstić information content (AvgIpc) is 2.50. The number of aliphatic hydroxyl groups excluding tert-OH is 1. The maximum absolute atomic E-state index is 9.11. The van der Waals surface area contributed by atoms with Gasteiger partial charge in [-0.2, -0.15) is 0 Å². The molecule has 11 heavy (non-hydrogen) atoms. The van der Waals surface area contributed by atoms with Gasteiger partial charge < -0.3 is 10.0 Å². The summed E-state index contributed by atoms with van der Waals surface area (Å²) >= 11 is 0. The molecule has 0 spiro atoms. The molecular formula is C9H17NO. The molecule has 2 rings (SSSR count). The van der Waals surface area contributed by atoms with Crippen molar-refractivity contribution in [2.75, 3.05) is 19.7 Å². The highest BCUT2D eigenvalue weighted by Gasteiger charge is 2.33. The van der Waals surface area contributed by atoms with Crippen molar-refractivity contribution < 1.29 is 5.11 Å². The molecule has 2 aliphatic heterocycles. The van der Waals surface area contributed by atoms with Crippen LogP contribution in [0.2, 0.25) is 0 Å². The largest absolute Gasteiger partial charge is 0.396 e. The van der Waals surface area contributed by atoms with Crippen LogP contribution in [0.25, 0.3) is 0 Å². The topological polar surface area (TPSA) is 23.5 Å². The van der Waals surface area contributed by atoms with E-state index in [1.54, 1.807) is 0 Å². The third-order valence-corrected chi connectivity index (χ3v) is 3.21. The van der Waals surface area contributed by atoms with Crippen molar-refractivity contribution in [3.8, 4) is 0 Å². The van der Waals surface area contributed by atoms with E-state index in [2.05, 4.69) is 4.90 Å². The van der Waals surface area contributed by atoms with Crippen LogP contribution in [-0.4, -0.2) is 35.7 Å². The van der Waals surface area contributed by atoms with Crippen LogP contribution in [0, 0.1) is 5.92 Å². The fraction of sp³-hybridized carbons (Fsp3) is 1.00. The summed E-state index contributed by atoms with van der Waals surface area (Å²) in [5.74, 6) is 0.589. The predicted octanol–water partition coefficient (Wildman–Crippen LogP) is 0.853. The highest BCUT2D eigenvalue weighted by molar-refractivity contribution is 4.88. The van der Waals surface area contributed by atoms with Gasteiger partial charge in [0.1, 0.15) is 0 Å². The Bertz CT molecular complexity index is 138. The normalized spacial score (nSPS) is 39.0. The number of rotatable bonds is 1. The van der Waals surface area contributed by atoms with E-state index in [0.29, 0.717) is 12.5 Å². The zero-order chi connectivity index (χ0) is 7.68. The van der Waals surface area contributed by atoms with E-state index in [9.17, 15) is 0 Å². The van der Waals surface area contributed by atoms with E-state index >= 15 is 0 Å². The number of hydrogen-bond donors (Lipinski definition) is 1. The van der Waals surface area contributed by atoms with Crippen molar-refractivity contribution in [2.24, 2.45) is 5.92 Å². The highest BCUT2D eigenvalue weighted by Crippen LogP contribution is 2.30. The molecule has 0 bridgehead atoms. The van der Waals surface area contributed by atoms with Crippen LogP contribution in [0.1, 0.15) is 25.7 Å². The first-order valence-corrected chi connectivity index (χ1v) is 4.76. The van der Waals surface area contributed by atoms with Gasteiger partial charge in [-0.3, -0.25) is 0 Å². The van der Waals surface area contributed by atoms with E-state index in [-0.39, 0.29) is 0 Å². The van der Waals surface area contributed by atoms with Crippen LogP contribution < -0.4 is 0 Å². The Hall–Kier alpha value is -0.0800. The van der Waals surface area contributed by atoms with Gasteiger partial charge >= 0.3 is 0 Å². The van der Waals surface area contributed by atoms with E-state index < -0.39 is 0 Å². The van der Waals surface area contributed by atoms with Gasteiger partial charge in [-0.1, -0.05) is 0 Å². The van der Waals surface area contributed by atoms with Crippen LogP contribution in [0.15, 0.2) is 0 Å². The van der Waals surface area contributed by atoms with Gasteiger partial charge in [-0.25, -0.2) is 0 Å². The molecule has 0 aromatic rings. The average molecular weight is 155 g/mol. The fourth-order valence-corrected chi connectivity index (χ4v) is 2.63. The van der Waals surface area contributed by atoms with Crippen molar-refractivity contribution >= 4 is 0 Å². The van der Waals surface area contributed by atoms with Gasteiger partial charge in [-0.15, -0.1) is 0 Å². The lowest BCUT2D eigenvalue weighted by molar-refractivity contribution is 0.0850. The van der Waals surface area contributed by atoms with Gasteiger partial charge in [0.2, 0.25) is 0 Å². The number of hydrogen-bond acceptors (Lipinski definition) is 2. The number of fused-ring (bicyclic) bond motifs is 1. The zero-order valence-electron chi connectivity index (χ0n) is 7.00. The molecule has 0 radical (unpaired) electrons. The molecule has 0 amide bonds. The molecule has 0 saturated carbocycles. The summed E-state index contributed by atoms with van der Waals surface area (Å²) in [6.07, 6.45) is 5.21. The van der Waals surface area contributed by atoms with Crippen molar-refractivity contribution in [3.63, 3.8) is 0 Å². The molecule has 2 aliphatic rings. The SMILES string of the molecule is OC[C@@H]1CCCN2CCCC12. The van der Waals surface area contributed by atoms with E-state index in [4.69, 9.17) is 5.11 Å². The zero-order valence-corrected chi connectivity index (χ0v) is 7.00. The third kappa shape index (κ3) is 1.30. The van der Waals surface area contributed by atoms with E-state index in [1.807, 2.05) is 0 Å². The smallest absolute Gasteiger partial charge is 0.0474 e. The van der Waals surface area contributed by atoms with Crippen molar-refractivity contribution in [2.45, 2.75) is 31.7 Å². The van der Waals surface area contributed by atoms with Crippen LogP contribution in [0.3, 0.4) is 0 Å². The van der Waals surface area contributed by atoms with Gasteiger partial charge in [0.05, 0.1) is 0 Å². The fourth-order valence-electron chi connectivity index (χ4n) is 2.63. The summed E-state index contributed by atoms with van der Waals surface area (Å²) < 4.78 is 0. The molecule has 2 fully saturated rings. The van der Waals surface area contributed by atoms with E-state index in [1.165, 1.54) is 38.8 Å².